The van der Waals surface area contributed by atoms with Gasteiger partial charge in [-0.05, 0) is 32.2 Å². The van der Waals surface area contributed by atoms with Crippen molar-refractivity contribution in [2.45, 2.75) is 51.1 Å². The van der Waals surface area contributed by atoms with E-state index in [-0.39, 0.29) is 17.7 Å². The molecular formula is C14H24N4O3. The fourth-order valence-corrected chi connectivity index (χ4v) is 2.93. The molecule has 0 bridgehead atoms. The third-order valence-corrected chi connectivity index (χ3v) is 4.44. The van der Waals surface area contributed by atoms with Gasteiger partial charge in [-0.1, -0.05) is 19.8 Å². The average molecular weight is 296 g/mol. The monoisotopic (exact) mass is 296 g/mol. The van der Waals surface area contributed by atoms with Gasteiger partial charge in [0, 0.05) is 6.54 Å². The van der Waals surface area contributed by atoms with Gasteiger partial charge in [-0.2, -0.15) is 0 Å². The number of nitrogens with zero attached hydrogens (tertiary/aromatic N) is 1. The fraction of sp³-hybridized carbons (Fsp3) is 0.786. The first kappa shape index (κ1) is 15.8. The molecule has 1 saturated carbocycles. The molecule has 1 spiro atoms. The molecule has 0 radical (unpaired) electrons. The van der Waals surface area contributed by atoms with Crippen LogP contribution in [0, 0.1) is 5.92 Å². The van der Waals surface area contributed by atoms with Crippen molar-refractivity contribution in [2.24, 2.45) is 11.7 Å². The molecule has 2 aliphatic rings. The summed E-state index contributed by atoms with van der Waals surface area (Å²) in [5, 5.41) is 5.52. The smallest absolute Gasteiger partial charge is 0.325 e. The van der Waals surface area contributed by atoms with Gasteiger partial charge in [-0.3, -0.25) is 9.59 Å². The Morgan fingerprint density at radius 3 is 2.57 bits per heavy atom. The Bertz CT molecular complexity index is 446. The second-order valence-corrected chi connectivity index (χ2v) is 6.16. The van der Waals surface area contributed by atoms with Crippen molar-refractivity contribution in [3.8, 4) is 0 Å². The van der Waals surface area contributed by atoms with Crippen LogP contribution in [0.4, 0.5) is 4.79 Å². The van der Waals surface area contributed by atoms with Gasteiger partial charge in [0.25, 0.3) is 5.91 Å². The second kappa shape index (κ2) is 6.01. The van der Waals surface area contributed by atoms with Crippen LogP contribution in [0.1, 0.15) is 39.5 Å². The number of nitrogens with two attached hydrogens (primary N) is 1. The van der Waals surface area contributed by atoms with Gasteiger partial charge in [0.15, 0.2) is 0 Å². The molecule has 7 nitrogen and oxygen atoms in total. The SMILES string of the molecule is CC(CN)CNC(=O)C(C)N1C(=O)NC2(CCCC2)C1=O. The Kier molecular flexibility index (Phi) is 4.51. The molecule has 118 valence electrons. The zero-order valence-electron chi connectivity index (χ0n) is 12.6. The molecular weight excluding hydrogens is 272 g/mol. The van der Waals surface area contributed by atoms with Gasteiger partial charge in [0.2, 0.25) is 5.91 Å². The number of hydrogen-bond acceptors (Lipinski definition) is 4. The Morgan fingerprint density at radius 1 is 1.38 bits per heavy atom. The lowest BCUT2D eigenvalue weighted by Crippen LogP contribution is -2.50. The minimum atomic E-state index is -0.803. The summed E-state index contributed by atoms with van der Waals surface area (Å²) in [5.74, 6) is -0.432. The molecule has 7 heteroatoms. The highest BCUT2D eigenvalue weighted by Crippen LogP contribution is 2.35. The van der Waals surface area contributed by atoms with Crippen LogP contribution in [0.5, 0.6) is 0 Å². The Hall–Kier alpha value is -1.63. The van der Waals surface area contributed by atoms with Crippen molar-refractivity contribution in [3.05, 3.63) is 0 Å². The molecule has 2 rings (SSSR count). The van der Waals surface area contributed by atoms with E-state index in [0.717, 1.165) is 17.7 Å². The van der Waals surface area contributed by atoms with Crippen LogP contribution in [0.3, 0.4) is 0 Å². The summed E-state index contributed by atoms with van der Waals surface area (Å²) >= 11 is 0. The lowest BCUT2D eigenvalue weighted by atomic mass is 9.97. The summed E-state index contributed by atoms with van der Waals surface area (Å²) in [5.41, 5.74) is 4.73. The first-order chi connectivity index (χ1) is 9.91. The van der Waals surface area contributed by atoms with E-state index in [2.05, 4.69) is 10.6 Å². The predicted octanol–water partition coefficient (Wildman–Crippen LogP) is -0.0495. The molecule has 1 aliphatic carbocycles. The van der Waals surface area contributed by atoms with E-state index in [1.807, 2.05) is 6.92 Å². The highest BCUT2D eigenvalue weighted by atomic mass is 16.2. The lowest BCUT2D eigenvalue weighted by molar-refractivity contribution is -0.137. The third kappa shape index (κ3) is 2.88. The number of amides is 4. The van der Waals surface area contributed by atoms with E-state index in [4.69, 9.17) is 5.73 Å². The van der Waals surface area contributed by atoms with E-state index in [0.29, 0.717) is 25.9 Å². The van der Waals surface area contributed by atoms with Crippen LogP contribution in [0.2, 0.25) is 0 Å². The quantitative estimate of drug-likeness (QED) is 0.619. The van der Waals surface area contributed by atoms with Crippen LogP contribution >= 0.6 is 0 Å². The predicted molar refractivity (Wildman–Crippen MR) is 77.3 cm³/mol. The molecule has 1 saturated heterocycles. The summed E-state index contributed by atoms with van der Waals surface area (Å²) in [6.45, 7) is 4.41. The molecule has 4 N–H and O–H groups in total. The maximum atomic E-state index is 12.5. The van der Waals surface area contributed by atoms with E-state index in [1.165, 1.54) is 0 Å². The average Bonchev–Trinajstić information content (AvgIpc) is 3.02. The Morgan fingerprint density at radius 2 is 2.00 bits per heavy atom. The Labute approximate surface area is 124 Å². The van der Waals surface area contributed by atoms with Gasteiger partial charge < -0.3 is 16.4 Å². The summed E-state index contributed by atoms with van der Waals surface area (Å²) in [4.78, 5) is 37.8. The molecule has 21 heavy (non-hydrogen) atoms. The van der Waals surface area contributed by atoms with Crippen molar-refractivity contribution in [3.63, 3.8) is 0 Å². The van der Waals surface area contributed by atoms with Gasteiger partial charge in [0.05, 0.1) is 0 Å². The molecule has 0 aromatic rings. The Balaban J connectivity index is 2.01. The number of urea groups is 1. The van der Waals surface area contributed by atoms with Crippen molar-refractivity contribution in [1.82, 2.24) is 15.5 Å². The number of nitrogens with one attached hydrogen (secondary N) is 2. The maximum Gasteiger partial charge on any atom is 0.325 e. The molecule has 1 aliphatic heterocycles. The molecule has 1 heterocycles. The van der Waals surface area contributed by atoms with Crippen LogP contribution in [-0.4, -0.2) is 47.4 Å². The maximum absolute atomic E-state index is 12.5. The molecule has 0 aromatic heterocycles. The number of carbonyl (C=O) groups is 3. The molecule has 4 amide bonds. The number of hydrogen-bond donors (Lipinski definition) is 3. The molecule has 2 fully saturated rings. The van der Waals surface area contributed by atoms with Crippen LogP contribution < -0.4 is 16.4 Å². The minimum absolute atomic E-state index is 0.158. The first-order valence-electron chi connectivity index (χ1n) is 7.55. The van der Waals surface area contributed by atoms with E-state index in [9.17, 15) is 14.4 Å². The largest absolute Gasteiger partial charge is 0.354 e. The van der Waals surface area contributed by atoms with Gasteiger partial charge in [-0.15, -0.1) is 0 Å². The van der Waals surface area contributed by atoms with Crippen LogP contribution in [0.15, 0.2) is 0 Å². The van der Waals surface area contributed by atoms with Gasteiger partial charge in [-0.25, -0.2) is 9.69 Å². The fourth-order valence-electron chi connectivity index (χ4n) is 2.93. The van der Waals surface area contributed by atoms with Crippen LogP contribution in [0.25, 0.3) is 0 Å². The normalized spacial score (nSPS) is 23.3. The van der Waals surface area contributed by atoms with Crippen molar-refractivity contribution in [1.29, 1.82) is 0 Å². The van der Waals surface area contributed by atoms with Crippen molar-refractivity contribution < 1.29 is 14.4 Å². The summed E-state index contributed by atoms with van der Waals surface area (Å²) in [6.07, 6.45) is 3.17. The third-order valence-electron chi connectivity index (χ3n) is 4.44. The highest BCUT2D eigenvalue weighted by Gasteiger charge is 2.54. The molecule has 0 aromatic carbocycles. The zero-order valence-corrected chi connectivity index (χ0v) is 12.6. The van der Waals surface area contributed by atoms with Crippen LogP contribution in [-0.2, 0) is 9.59 Å². The van der Waals surface area contributed by atoms with Crippen molar-refractivity contribution >= 4 is 17.8 Å². The minimum Gasteiger partial charge on any atom is -0.354 e. The second-order valence-electron chi connectivity index (χ2n) is 6.16. The molecule has 2 unspecified atom stereocenters. The zero-order chi connectivity index (χ0) is 15.6. The van der Waals surface area contributed by atoms with E-state index >= 15 is 0 Å². The van der Waals surface area contributed by atoms with Gasteiger partial charge in [0.1, 0.15) is 11.6 Å². The first-order valence-corrected chi connectivity index (χ1v) is 7.55. The highest BCUT2D eigenvalue weighted by molar-refractivity contribution is 6.09. The number of rotatable bonds is 5. The van der Waals surface area contributed by atoms with Gasteiger partial charge >= 0.3 is 6.03 Å². The lowest BCUT2D eigenvalue weighted by Gasteiger charge is -2.24. The summed E-state index contributed by atoms with van der Waals surface area (Å²) in [7, 11) is 0. The van der Waals surface area contributed by atoms with E-state index in [1.54, 1.807) is 6.92 Å². The summed E-state index contributed by atoms with van der Waals surface area (Å²) < 4.78 is 0. The van der Waals surface area contributed by atoms with Crippen molar-refractivity contribution in [2.75, 3.05) is 13.1 Å². The number of carbonyl (C=O) groups excluding carboxylic acids is 3. The van der Waals surface area contributed by atoms with E-state index < -0.39 is 17.6 Å². The summed E-state index contributed by atoms with van der Waals surface area (Å²) in [6, 6.07) is -1.26. The topological polar surface area (TPSA) is 105 Å². The number of imide groups is 1. The molecule has 2 atom stereocenters. The standard InChI is InChI=1S/C14H24N4O3/c1-9(7-15)8-16-11(19)10(2)18-12(20)14(17-13(18)21)5-3-4-6-14/h9-10H,3-8,15H2,1-2H3,(H,16,19)(H,17,21).